The quantitative estimate of drug-likeness (QED) is 0.186. The first-order valence-electron chi connectivity index (χ1n) is 10.7. The molecule has 1 fully saturated rings. The van der Waals surface area contributed by atoms with Gasteiger partial charge in [-0.3, -0.25) is 4.90 Å². The molecule has 1 atom stereocenters. The second-order valence-corrected chi connectivity index (χ2v) is 7.39. The number of hydrogen-bond acceptors (Lipinski definition) is 5. The summed E-state index contributed by atoms with van der Waals surface area (Å²) >= 11 is 0. The van der Waals surface area contributed by atoms with Crippen LogP contribution >= 0.6 is 24.0 Å². The van der Waals surface area contributed by atoms with E-state index in [9.17, 15) is 0 Å². The number of halogens is 1. The zero-order valence-electron chi connectivity index (χ0n) is 18.7. The van der Waals surface area contributed by atoms with Crippen molar-refractivity contribution in [2.75, 3.05) is 66.3 Å². The summed E-state index contributed by atoms with van der Waals surface area (Å²) in [5.74, 6) is 2.25. The number of guanidine groups is 1. The van der Waals surface area contributed by atoms with E-state index in [0.29, 0.717) is 12.5 Å². The van der Waals surface area contributed by atoms with Gasteiger partial charge in [0.15, 0.2) is 5.96 Å². The molecule has 0 aromatic heterocycles. The fourth-order valence-electron chi connectivity index (χ4n) is 3.16. The second-order valence-electron chi connectivity index (χ2n) is 7.39. The summed E-state index contributed by atoms with van der Waals surface area (Å²) in [4.78, 5) is 7.24. The highest BCUT2D eigenvalue weighted by Gasteiger charge is 2.14. The Bertz CT molecular complexity index is 580. The highest BCUT2D eigenvalue weighted by atomic mass is 127. The van der Waals surface area contributed by atoms with Crippen LogP contribution in [-0.4, -0.2) is 77.1 Å². The van der Waals surface area contributed by atoms with Crippen LogP contribution in [0.5, 0.6) is 5.75 Å². The van der Waals surface area contributed by atoms with Crippen LogP contribution in [0, 0.1) is 5.92 Å². The maximum atomic E-state index is 5.44. The first kappa shape index (κ1) is 26.9. The molecule has 30 heavy (non-hydrogen) atoms. The third-order valence-corrected chi connectivity index (χ3v) is 4.83. The first-order chi connectivity index (χ1) is 14.2. The minimum Gasteiger partial charge on any atom is -0.497 e. The monoisotopic (exact) mass is 534 g/mol. The van der Waals surface area contributed by atoms with Crippen LogP contribution in [0.4, 0.5) is 0 Å². The number of aliphatic imine (C=N–C) groups is 1. The highest BCUT2D eigenvalue weighted by Crippen LogP contribution is 2.11. The second kappa shape index (κ2) is 16.6. The van der Waals surface area contributed by atoms with Crippen LogP contribution < -0.4 is 15.4 Å². The minimum atomic E-state index is 0. The number of benzene rings is 1. The van der Waals surface area contributed by atoms with E-state index in [1.807, 2.05) is 19.1 Å². The van der Waals surface area contributed by atoms with E-state index in [-0.39, 0.29) is 24.0 Å². The van der Waals surface area contributed by atoms with Gasteiger partial charge in [-0.2, -0.15) is 0 Å². The van der Waals surface area contributed by atoms with E-state index >= 15 is 0 Å². The number of nitrogens with one attached hydrogen (secondary N) is 2. The molecule has 1 aromatic carbocycles. The molecule has 0 aliphatic carbocycles. The van der Waals surface area contributed by atoms with Crippen LogP contribution in [0.1, 0.15) is 25.8 Å². The van der Waals surface area contributed by atoms with Crippen molar-refractivity contribution in [3.8, 4) is 5.75 Å². The zero-order valence-corrected chi connectivity index (χ0v) is 21.0. The molecule has 0 spiro atoms. The molecule has 1 unspecified atom stereocenters. The largest absolute Gasteiger partial charge is 0.497 e. The lowest BCUT2D eigenvalue weighted by Crippen LogP contribution is -2.44. The smallest absolute Gasteiger partial charge is 0.191 e. The highest BCUT2D eigenvalue weighted by molar-refractivity contribution is 14.0. The average molecular weight is 534 g/mol. The van der Waals surface area contributed by atoms with E-state index in [4.69, 9.17) is 19.2 Å². The predicted molar refractivity (Wildman–Crippen MR) is 133 cm³/mol. The molecule has 2 rings (SSSR count). The first-order valence-corrected chi connectivity index (χ1v) is 10.7. The van der Waals surface area contributed by atoms with Crippen LogP contribution in [0.3, 0.4) is 0 Å². The fraction of sp³-hybridized carbons (Fsp3) is 0.682. The van der Waals surface area contributed by atoms with Crippen LogP contribution in [-0.2, 0) is 16.0 Å². The van der Waals surface area contributed by atoms with Gasteiger partial charge in [-0.05, 0) is 37.0 Å². The molecule has 7 nitrogen and oxygen atoms in total. The standard InChI is InChI=1S/C22H38N4O3.HI/c1-4-28-13-5-10-23-22(25-17-20-6-8-21(27-3)9-7-20)24-16-19(2)18-26-11-14-29-15-12-26;/h6-9,19H,4-5,10-18H2,1-3H3,(H2,23,24,25);1H. The van der Waals surface area contributed by atoms with E-state index < -0.39 is 0 Å². The summed E-state index contributed by atoms with van der Waals surface area (Å²) < 4.78 is 16.1. The van der Waals surface area contributed by atoms with Crippen molar-refractivity contribution < 1.29 is 14.2 Å². The van der Waals surface area contributed by atoms with Gasteiger partial charge >= 0.3 is 0 Å². The maximum Gasteiger partial charge on any atom is 0.191 e. The average Bonchev–Trinajstić information content (AvgIpc) is 2.76. The van der Waals surface area contributed by atoms with Gasteiger partial charge in [0.1, 0.15) is 5.75 Å². The van der Waals surface area contributed by atoms with Gasteiger partial charge < -0.3 is 24.8 Å². The Morgan fingerprint density at radius 2 is 1.93 bits per heavy atom. The third kappa shape index (κ3) is 11.3. The topological polar surface area (TPSA) is 67.3 Å². The lowest BCUT2D eigenvalue weighted by molar-refractivity contribution is 0.0320. The van der Waals surface area contributed by atoms with Gasteiger partial charge in [-0.15, -0.1) is 24.0 Å². The van der Waals surface area contributed by atoms with Gasteiger partial charge in [0.2, 0.25) is 0 Å². The van der Waals surface area contributed by atoms with Crippen molar-refractivity contribution in [1.82, 2.24) is 15.5 Å². The molecular formula is C22H39IN4O3. The number of nitrogens with zero attached hydrogens (tertiary/aromatic N) is 2. The van der Waals surface area contributed by atoms with E-state index in [0.717, 1.165) is 82.8 Å². The number of morpholine rings is 1. The molecule has 2 N–H and O–H groups in total. The Hall–Kier alpha value is -1.10. The molecule has 1 aromatic rings. The normalized spacial score (nSPS) is 15.9. The number of hydrogen-bond donors (Lipinski definition) is 2. The summed E-state index contributed by atoms with van der Waals surface area (Å²) in [6, 6.07) is 8.04. The molecule has 0 radical (unpaired) electrons. The predicted octanol–water partition coefficient (Wildman–Crippen LogP) is 2.74. The molecule has 172 valence electrons. The van der Waals surface area contributed by atoms with Crippen molar-refractivity contribution in [3.63, 3.8) is 0 Å². The summed E-state index contributed by atoms with van der Waals surface area (Å²) in [6.45, 7) is 13.0. The summed E-state index contributed by atoms with van der Waals surface area (Å²) in [6.07, 6.45) is 0.959. The van der Waals surface area contributed by atoms with Crippen molar-refractivity contribution in [2.45, 2.75) is 26.8 Å². The SMILES string of the molecule is CCOCCCNC(=NCc1ccc(OC)cc1)NCC(C)CN1CCOCC1.I. The van der Waals surface area contributed by atoms with Gasteiger partial charge in [0, 0.05) is 45.9 Å². The summed E-state index contributed by atoms with van der Waals surface area (Å²) in [5.41, 5.74) is 1.16. The van der Waals surface area contributed by atoms with Gasteiger partial charge in [-0.25, -0.2) is 4.99 Å². The van der Waals surface area contributed by atoms with Crippen LogP contribution in [0.2, 0.25) is 0 Å². The van der Waals surface area contributed by atoms with Crippen molar-refractivity contribution in [1.29, 1.82) is 0 Å². The molecule has 0 saturated carbocycles. The van der Waals surface area contributed by atoms with Crippen molar-refractivity contribution in [3.05, 3.63) is 29.8 Å². The summed E-state index contributed by atoms with van der Waals surface area (Å²) in [5, 5.41) is 6.94. The number of ether oxygens (including phenoxy) is 3. The Kier molecular flexibility index (Phi) is 14.9. The number of rotatable bonds is 12. The van der Waals surface area contributed by atoms with Gasteiger partial charge in [-0.1, -0.05) is 19.1 Å². The van der Waals surface area contributed by atoms with E-state index in [2.05, 4.69) is 34.6 Å². The molecule has 0 amide bonds. The molecule has 0 bridgehead atoms. The minimum absolute atomic E-state index is 0. The Labute approximate surface area is 199 Å². The van der Waals surface area contributed by atoms with Gasteiger partial charge in [0.05, 0.1) is 26.9 Å². The molecule has 1 heterocycles. The lowest BCUT2D eigenvalue weighted by atomic mass is 10.1. The van der Waals surface area contributed by atoms with Crippen molar-refractivity contribution >= 4 is 29.9 Å². The van der Waals surface area contributed by atoms with Crippen LogP contribution in [0.15, 0.2) is 29.3 Å². The zero-order chi connectivity index (χ0) is 20.7. The van der Waals surface area contributed by atoms with E-state index in [1.165, 1.54) is 0 Å². The molecule has 1 aliphatic heterocycles. The van der Waals surface area contributed by atoms with Crippen LogP contribution in [0.25, 0.3) is 0 Å². The maximum absolute atomic E-state index is 5.44. The van der Waals surface area contributed by atoms with Crippen molar-refractivity contribution in [2.24, 2.45) is 10.9 Å². The fourth-order valence-corrected chi connectivity index (χ4v) is 3.16. The molecule has 8 heteroatoms. The Morgan fingerprint density at radius 1 is 1.20 bits per heavy atom. The third-order valence-electron chi connectivity index (χ3n) is 4.83. The Balaban J connectivity index is 0.00000450. The van der Waals surface area contributed by atoms with Gasteiger partial charge in [0.25, 0.3) is 0 Å². The lowest BCUT2D eigenvalue weighted by Gasteiger charge is -2.29. The number of methoxy groups -OCH3 is 1. The molecule has 1 saturated heterocycles. The molecule has 1 aliphatic rings. The molecular weight excluding hydrogens is 495 g/mol. The summed E-state index contributed by atoms with van der Waals surface area (Å²) in [7, 11) is 1.68. The Morgan fingerprint density at radius 3 is 2.60 bits per heavy atom. The van der Waals surface area contributed by atoms with E-state index in [1.54, 1.807) is 7.11 Å².